The molecule has 1 unspecified atom stereocenters. The zero-order valence-electron chi connectivity index (χ0n) is 9.61. The van der Waals surface area contributed by atoms with Crippen molar-refractivity contribution in [2.24, 2.45) is 11.3 Å². The van der Waals surface area contributed by atoms with Gasteiger partial charge in [0.2, 0.25) is 0 Å². The quantitative estimate of drug-likeness (QED) is 0.636. The molecule has 1 atom stereocenters. The van der Waals surface area contributed by atoms with Gasteiger partial charge in [-0.1, -0.05) is 27.7 Å². The third kappa shape index (κ3) is 3.19. The summed E-state index contributed by atoms with van der Waals surface area (Å²) in [5.74, 6) is -2.95. The Hall–Kier alpha value is -0.180. The monoisotopic (exact) mass is 205 g/mol. The van der Waals surface area contributed by atoms with Gasteiger partial charge >= 0.3 is 0 Å². The van der Waals surface area contributed by atoms with Crippen molar-refractivity contribution in [1.82, 2.24) is 4.90 Å². The van der Waals surface area contributed by atoms with E-state index in [9.17, 15) is 8.78 Å². The van der Waals surface area contributed by atoms with Crippen LogP contribution in [-0.2, 0) is 0 Å². The molecule has 0 radical (unpaired) electrons. The average Bonchev–Trinajstić information content (AvgIpc) is 1.95. The first-order valence-corrected chi connectivity index (χ1v) is 5.31. The van der Waals surface area contributed by atoms with Crippen LogP contribution in [0.15, 0.2) is 0 Å². The van der Waals surface area contributed by atoms with Gasteiger partial charge in [0.1, 0.15) is 0 Å². The lowest BCUT2D eigenvalue weighted by Gasteiger charge is -2.39. The number of hydrogen-bond acceptors (Lipinski definition) is 1. The van der Waals surface area contributed by atoms with Crippen molar-refractivity contribution in [3.05, 3.63) is 0 Å². The molecule has 1 nitrogen and oxygen atoms in total. The maximum Gasteiger partial charge on any atom is 0.253 e. The zero-order valence-corrected chi connectivity index (χ0v) is 9.61. The Morgan fingerprint density at radius 2 is 1.93 bits per heavy atom. The molecule has 0 aliphatic carbocycles. The highest BCUT2D eigenvalue weighted by Gasteiger charge is 2.41. The van der Waals surface area contributed by atoms with Crippen molar-refractivity contribution in [2.45, 2.75) is 40.0 Å². The first-order chi connectivity index (χ1) is 6.21. The Kier molecular flexibility index (Phi) is 3.20. The molecule has 1 heterocycles. The Morgan fingerprint density at radius 1 is 1.36 bits per heavy atom. The highest BCUT2D eigenvalue weighted by molar-refractivity contribution is 4.85. The van der Waals surface area contributed by atoms with Crippen LogP contribution in [0.4, 0.5) is 8.78 Å². The first-order valence-electron chi connectivity index (χ1n) is 5.31. The van der Waals surface area contributed by atoms with Gasteiger partial charge in [0.05, 0.1) is 0 Å². The Morgan fingerprint density at radius 3 is 2.36 bits per heavy atom. The Balaban J connectivity index is 2.47. The fraction of sp³-hybridized carbons (Fsp3) is 1.00. The van der Waals surface area contributed by atoms with Gasteiger partial charge in [0.15, 0.2) is 0 Å². The zero-order chi connectivity index (χ0) is 11.0. The van der Waals surface area contributed by atoms with E-state index in [1.54, 1.807) is 6.92 Å². The van der Waals surface area contributed by atoms with Crippen LogP contribution in [0.3, 0.4) is 0 Å². The van der Waals surface area contributed by atoms with Crippen LogP contribution in [0.1, 0.15) is 34.1 Å². The molecule has 0 amide bonds. The fourth-order valence-electron chi connectivity index (χ4n) is 1.98. The fourth-order valence-corrected chi connectivity index (χ4v) is 1.98. The van der Waals surface area contributed by atoms with E-state index < -0.39 is 11.8 Å². The number of likely N-dealkylation sites (tertiary alicyclic amines) is 1. The minimum atomic E-state index is -2.45. The molecule has 0 spiro atoms. The Labute approximate surface area is 85.5 Å². The SMILES string of the molecule is CC1CN(CC(C)(C)C)CCC1(F)F. The molecule has 1 aliphatic rings. The molecule has 0 aromatic carbocycles. The molecule has 1 rings (SSSR count). The molecule has 3 heteroatoms. The highest BCUT2D eigenvalue weighted by atomic mass is 19.3. The molecule has 0 saturated carbocycles. The number of piperidine rings is 1. The maximum atomic E-state index is 13.2. The van der Waals surface area contributed by atoms with E-state index in [-0.39, 0.29) is 11.8 Å². The van der Waals surface area contributed by atoms with Crippen LogP contribution >= 0.6 is 0 Å². The lowest BCUT2D eigenvalue weighted by molar-refractivity contribution is -0.102. The third-order valence-electron chi connectivity index (χ3n) is 2.71. The van der Waals surface area contributed by atoms with E-state index in [1.165, 1.54) is 0 Å². The molecule has 14 heavy (non-hydrogen) atoms. The van der Waals surface area contributed by atoms with Gasteiger partial charge < -0.3 is 4.90 Å². The van der Waals surface area contributed by atoms with Gasteiger partial charge in [0, 0.05) is 32.0 Å². The van der Waals surface area contributed by atoms with Crippen molar-refractivity contribution in [2.75, 3.05) is 19.6 Å². The summed E-state index contributed by atoms with van der Waals surface area (Å²) >= 11 is 0. The van der Waals surface area contributed by atoms with Gasteiger partial charge in [-0.05, 0) is 5.41 Å². The van der Waals surface area contributed by atoms with E-state index in [0.717, 1.165) is 6.54 Å². The van der Waals surface area contributed by atoms with E-state index in [2.05, 4.69) is 25.7 Å². The van der Waals surface area contributed by atoms with Gasteiger partial charge in [-0.2, -0.15) is 0 Å². The largest absolute Gasteiger partial charge is 0.302 e. The number of hydrogen-bond donors (Lipinski definition) is 0. The maximum absolute atomic E-state index is 13.2. The lowest BCUT2D eigenvalue weighted by Crippen LogP contribution is -2.48. The summed E-state index contributed by atoms with van der Waals surface area (Å²) in [5.41, 5.74) is 0.201. The van der Waals surface area contributed by atoms with Crippen molar-refractivity contribution in [1.29, 1.82) is 0 Å². The van der Waals surface area contributed by atoms with Crippen LogP contribution in [0.5, 0.6) is 0 Å². The number of nitrogens with zero attached hydrogens (tertiary/aromatic N) is 1. The molecule has 0 aromatic rings. The molecule has 0 bridgehead atoms. The second-order valence-electron chi connectivity index (χ2n) is 5.71. The summed E-state index contributed by atoms with van der Waals surface area (Å²) in [4.78, 5) is 2.15. The topological polar surface area (TPSA) is 3.24 Å². The number of halogens is 2. The van der Waals surface area contributed by atoms with Crippen molar-refractivity contribution in [3.63, 3.8) is 0 Å². The number of alkyl halides is 2. The van der Waals surface area contributed by atoms with E-state index >= 15 is 0 Å². The average molecular weight is 205 g/mol. The van der Waals surface area contributed by atoms with Crippen LogP contribution in [-0.4, -0.2) is 30.5 Å². The molecule has 1 saturated heterocycles. The molecule has 0 aromatic heterocycles. The Bertz CT molecular complexity index is 196. The predicted molar refractivity (Wildman–Crippen MR) is 54.6 cm³/mol. The van der Waals surface area contributed by atoms with Crippen molar-refractivity contribution < 1.29 is 8.78 Å². The molecular weight excluding hydrogens is 184 g/mol. The second-order valence-corrected chi connectivity index (χ2v) is 5.71. The van der Waals surface area contributed by atoms with Gasteiger partial charge in [-0.15, -0.1) is 0 Å². The van der Waals surface area contributed by atoms with Crippen LogP contribution in [0, 0.1) is 11.3 Å². The number of rotatable bonds is 1. The minimum Gasteiger partial charge on any atom is -0.302 e. The summed E-state index contributed by atoms with van der Waals surface area (Å²) in [6.45, 7) is 10.1. The van der Waals surface area contributed by atoms with Gasteiger partial charge in [-0.3, -0.25) is 0 Å². The summed E-state index contributed by atoms with van der Waals surface area (Å²) in [7, 11) is 0. The smallest absolute Gasteiger partial charge is 0.253 e. The minimum absolute atomic E-state index is 0.0181. The van der Waals surface area contributed by atoms with E-state index in [0.29, 0.717) is 13.1 Å². The lowest BCUT2D eigenvalue weighted by atomic mass is 9.91. The third-order valence-corrected chi connectivity index (χ3v) is 2.71. The van der Waals surface area contributed by atoms with Gasteiger partial charge in [0.25, 0.3) is 5.92 Å². The second kappa shape index (κ2) is 3.76. The molecular formula is C11H21F2N. The normalized spacial score (nSPS) is 29.1. The standard InChI is InChI=1S/C11H21F2N/c1-9-7-14(8-10(2,3)4)6-5-11(9,12)13/h9H,5-8H2,1-4H3. The predicted octanol–water partition coefficient (Wildman–Crippen LogP) is 3.01. The highest BCUT2D eigenvalue weighted by Crippen LogP contribution is 2.33. The van der Waals surface area contributed by atoms with Crippen LogP contribution in [0.25, 0.3) is 0 Å². The molecule has 84 valence electrons. The first kappa shape index (κ1) is 11.9. The molecule has 1 aliphatic heterocycles. The van der Waals surface area contributed by atoms with Crippen molar-refractivity contribution >= 4 is 0 Å². The summed E-state index contributed by atoms with van der Waals surface area (Å²) in [6, 6.07) is 0. The van der Waals surface area contributed by atoms with Crippen LogP contribution < -0.4 is 0 Å². The summed E-state index contributed by atoms with van der Waals surface area (Å²) in [6.07, 6.45) is 0.0181. The molecule has 1 fully saturated rings. The summed E-state index contributed by atoms with van der Waals surface area (Å²) < 4.78 is 26.4. The van der Waals surface area contributed by atoms with Crippen molar-refractivity contribution in [3.8, 4) is 0 Å². The summed E-state index contributed by atoms with van der Waals surface area (Å²) in [5, 5.41) is 0. The van der Waals surface area contributed by atoms with Crippen LogP contribution in [0.2, 0.25) is 0 Å². The molecule has 0 N–H and O–H groups in total. The van der Waals surface area contributed by atoms with E-state index in [4.69, 9.17) is 0 Å². The van der Waals surface area contributed by atoms with Gasteiger partial charge in [-0.25, -0.2) is 8.78 Å². The van der Waals surface area contributed by atoms with E-state index in [1.807, 2.05) is 0 Å².